The van der Waals surface area contributed by atoms with Gasteiger partial charge in [-0.05, 0) is 38.5 Å². The maximum Gasteiger partial charge on any atom is 0.273 e. The number of carbonyl (C=O) groups excluding carboxylic acids is 1. The van der Waals surface area contributed by atoms with E-state index in [1.807, 2.05) is 4.68 Å². The van der Waals surface area contributed by atoms with Gasteiger partial charge in [-0.15, -0.1) is 5.10 Å². The average molecular weight is 370 g/mol. The Morgan fingerprint density at radius 2 is 2.04 bits per heavy atom. The Morgan fingerprint density at radius 3 is 2.81 bits per heavy atom. The molecule has 1 amide bonds. The van der Waals surface area contributed by atoms with Crippen molar-refractivity contribution >= 4 is 11.7 Å². The standard InChI is InChI=1S/C18H26N8O/c19-13-3-5-15(6-4-13)26-12-16(23-24-26)18(27)22-14-2-1-9-25(11-14)17-10-20-7-8-21-17/h7-8,10,12-15H,1-6,9,11,19H2,(H,22,27). The van der Waals surface area contributed by atoms with Crippen LogP contribution >= 0.6 is 0 Å². The number of rotatable bonds is 4. The first-order valence-corrected chi connectivity index (χ1v) is 9.68. The second-order valence-corrected chi connectivity index (χ2v) is 7.47. The van der Waals surface area contributed by atoms with Gasteiger partial charge in [-0.2, -0.15) is 0 Å². The molecule has 2 aliphatic rings. The minimum atomic E-state index is -0.167. The first-order chi connectivity index (χ1) is 13.2. The molecule has 2 aromatic heterocycles. The Kier molecular flexibility index (Phi) is 5.28. The van der Waals surface area contributed by atoms with Crippen molar-refractivity contribution in [2.45, 2.75) is 56.7 Å². The lowest BCUT2D eigenvalue weighted by molar-refractivity contribution is 0.0928. The van der Waals surface area contributed by atoms with Crippen LogP contribution in [-0.4, -0.2) is 56.0 Å². The Bertz CT molecular complexity index is 756. The van der Waals surface area contributed by atoms with E-state index < -0.39 is 0 Å². The summed E-state index contributed by atoms with van der Waals surface area (Å²) in [4.78, 5) is 23.2. The smallest absolute Gasteiger partial charge is 0.273 e. The van der Waals surface area contributed by atoms with Crippen molar-refractivity contribution in [2.24, 2.45) is 5.73 Å². The van der Waals surface area contributed by atoms with Crippen molar-refractivity contribution < 1.29 is 4.79 Å². The molecule has 1 saturated carbocycles. The summed E-state index contributed by atoms with van der Waals surface area (Å²) in [5.74, 6) is 0.678. The van der Waals surface area contributed by atoms with Gasteiger partial charge in [0.2, 0.25) is 0 Å². The molecule has 2 aromatic rings. The lowest BCUT2D eigenvalue weighted by atomic mass is 9.92. The number of anilines is 1. The van der Waals surface area contributed by atoms with Crippen LogP contribution in [0.1, 0.15) is 55.1 Å². The van der Waals surface area contributed by atoms with Crippen molar-refractivity contribution in [3.8, 4) is 0 Å². The fourth-order valence-electron chi connectivity index (χ4n) is 3.94. The second-order valence-electron chi connectivity index (χ2n) is 7.47. The lowest BCUT2D eigenvalue weighted by Crippen LogP contribution is -2.48. The second kappa shape index (κ2) is 7.99. The fourth-order valence-corrected chi connectivity index (χ4v) is 3.94. The van der Waals surface area contributed by atoms with Crippen LogP contribution in [0.4, 0.5) is 5.82 Å². The molecule has 4 rings (SSSR count). The summed E-state index contributed by atoms with van der Waals surface area (Å²) >= 11 is 0. The third-order valence-corrected chi connectivity index (χ3v) is 5.49. The number of nitrogens with zero attached hydrogens (tertiary/aromatic N) is 6. The molecule has 0 radical (unpaired) electrons. The zero-order valence-electron chi connectivity index (χ0n) is 15.4. The fraction of sp³-hybridized carbons (Fsp3) is 0.611. The Morgan fingerprint density at radius 1 is 1.19 bits per heavy atom. The Balaban J connectivity index is 1.35. The van der Waals surface area contributed by atoms with E-state index in [2.05, 4.69) is 30.5 Å². The highest BCUT2D eigenvalue weighted by atomic mass is 16.2. The number of carbonyl (C=O) groups is 1. The first kappa shape index (κ1) is 17.8. The number of aromatic nitrogens is 5. The Hall–Kier alpha value is -2.55. The molecule has 2 fully saturated rings. The molecule has 3 N–H and O–H groups in total. The quantitative estimate of drug-likeness (QED) is 0.822. The van der Waals surface area contributed by atoms with Crippen molar-refractivity contribution in [3.63, 3.8) is 0 Å². The number of nitrogens with two attached hydrogens (primary N) is 1. The van der Waals surface area contributed by atoms with Crippen LogP contribution in [-0.2, 0) is 0 Å². The predicted molar refractivity (Wildman–Crippen MR) is 100 cm³/mol. The Labute approximate surface area is 158 Å². The van der Waals surface area contributed by atoms with Gasteiger partial charge < -0.3 is 16.0 Å². The average Bonchev–Trinajstić information content (AvgIpc) is 3.20. The van der Waals surface area contributed by atoms with E-state index in [9.17, 15) is 4.79 Å². The maximum atomic E-state index is 12.6. The van der Waals surface area contributed by atoms with Crippen LogP contribution in [0, 0.1) is 0 Å². The van der Waals surface area contributed by atoms with Gasteiger partial charge in [-0.25, -0.2) is 9.67 Å². The van der Waals surface area contributed by atoms with Gasteiger partial charge in [0.1, 0.15) is 5.82 Å². The van der Waals surface area contributed by atoms with Gasteiger partial charge in [-0.3, -0.25) is 9.78 Å². The third-order valence-electron chi connectivity index (χ3n) is 5.49. The summed E-state index contributed by atoms with van der Waals surface area (Å²) in [6.45, 7) is 1.64. The summed E-state index contributed by atoms with van der Waals surface area (Å²) in [7, 11) is 0. The first-order valence-electron chi connectivity index (χ1n) is 9.68. The molecule has 1 atom stereocenters. The highest BCUT2D eigenvalue weighted by Gasteiger charge is 2.25. The monoisotopic (exact) mass is 370 g/mol. The molecule has 1 unspecified atom stereocenters. The van der Waals surface area contributed by atoms with E-state index in [1.165, 1.54) is 0 Å². The highest BCUT2D eigenvalue weighted by Crippen LogP contribution is 2.26. The van der Waals surface area contributed by atoms with Crippen LogP contribution in [0.25, 0.3) is 0 Å². The molecule has 1 aliphatic carbocycles. The predicted octanol–water partition coefficient (Wildman–Crippen LogP) is 0.909. The van der Waals surface area contributed by atoms with Crippen molar-refractivity contribution in [3.05, 3.63) is 30.5 Å². The van der Waals surface area contributed by atoms with Crippen molar-refractivity contribution in [1.29, 1.82) is 0 Å². The maximum absolute atomic E-state index is 12.6. The van der Waals surface area contributed by atoms with E-state index >= 15 is 0 Å². The summed E-state index contributed by atoms with van der Waals surface area (Å²) in [6.07, 6.45) is 12.8. The molecular weight excluding hydrogens is 344 g/mol. The summed E-state index contributed by atoms with van der Waals surface area (Å²) in [5.41, 5.74) is 6.34. The van der Waals surface area contributed by atoms with Gasteiger partial charge in [0.05, 0.1) is 18.4 Å². The zero-order chi connectivity index (χ0) is 18.6. The van der Waals surface area contributed by atoms with E-state index in [1.54, 1.807) is 24.8 Å². The number of amides is 1. The SMILES string of the molecule is NC1CCC(n2cc(C(=O)NC3CCCN(c4cnccn4)C3)nn2)CC1. The summed E-state index contributed by atoms with van der Waals surface area (Å²) in [5, 5.41) is 11.4. The summed E-state index contributed by atoms with van der Waals surface area (Å²) < 4.78 is 1.83. The van der Waals surface area contributed by atoms with Gasteiger partial charge in [0.25, 0.3) is 5.91 Å². The summed E-state index contributed by atoms with van der Waals surface area (Å²) in [6, 6.07) is 0.642. The number of piperidine rings is 1. The molecule has 3 heterocycles. The highest BCUT2D eigenvalue weighted by molar-refractivity contribution is 5.92. The van der Waals surface area contributed by atoms with Crippen LogP contribution in [0.5, 0.6) is 0 Å². The molecule has 1 aliphatic heterocycles. The van der Waals surface area contributed by atoms with Crippen LogP contribution in [0.15, 0.2) is 24.8 Å². The van der Waals surface area contributed by atoms with Crippen LogP contribution in [0.3, 0.4) is 0 Å². The number of hydrogen-bond acceptors (Lipinski definition) is 7. The van der Waals surface area contributed by atoms with Crippen molar-refractivity contribution in [2.75, 3.05) is 18.0 Å². The zero-order valence-corrected chi connectivity index (χ0v) is 15.4. The third kappa shape index (κ3) is 4.24. The molecule has 0 spiro atoms. The van der Waals surface area contributed by atoms with Gasteiger partial charge in [0, 0.05) is 37.6 Å². The van der Waals surface area contributed by atoms with E-state index in [-0.39, 0.29) is 18.0 Å². The normalized spacial score (nSPS) is 26.0. The van der Waals surface area contributed by atoms with E-state index in [0.29, 0.717) is 11.7 Å². The van der Waals surface area contributed by atoms with Gasteiger partial charge >= 0.3 is 0 Å². The molecule has 0 bridgehead atoms. The molecule has 144 valence electrons. The molecule has 27 heavy (non-hydrogen) atoms. The number of nitrogens with one attached hydrogen (secondary N) is 1. The largest absolute Gasteiger partial charge is 0.353 e. The van der Waals surface area contributed by atoms with Crippen LogP contribution < -0.4 is 16.0 Å². The van der Waals surface area contributed by atoms with Gasteiger partial charge in [-0.1, -0.05) is 5.21 Å². The molecule has 9 heteroatoms. The molecular formula is C18H26N8O. The minimum absolute atomic E-state index is 0.0612. The molecule has 0 aromatic carbocycles. The molecule has 9 nitrogen and oxygen atoms in total. The lowest BCUT2D eigenvalue weighted by Gasteiger charge is -2.33. The van der Waals surface area contributed by atoms with Gasteiger partial charge in [0.15, 0.2) is 5.69 Å². The van der Waals surface area contributed by atoms with E-state index in [4.69, 9.17) is 5.73 Å². The van der Waals surface area contributed by atoms with E-state index in [0.717, 1.165) is 57.4 Å². The van der Waals surface area contributed by atoms with Crippen molar-refractivity contribution in [1.82, 2.24) is 30.3 Å². The van der Waals surface area contributed by atoms with Crippen LogP contribution in [0.2, 0.25) is 0 Å². The topological polar surface area (TPSA) is 115 Å². The number of hydrogen-bond donors (Lipinski definition) is 2. The minimum Gasteiger partial charge on any atom is -0.353 e. The molecule has 1 saturated heterocycles.